The molecule has 0 radical (unpaired) electrons. The van der Waals surface area contributed by atoms with E-state index in [1.165, 1.54) is 12.4 Å². The lowest BCUT2D eigenvalue weighted by Crippen LogP contribution is -2.10. The zero-order valence-corrected chi connectivity index (χ0v) is 9.05. The van der Waals surface area contributed by atoms with Gasteiger partial charge in [0.05, 0.1) is 30.6 Å². The van der Waals surface area contributed by atoms with Crippen molar-refractivity contribution in [2.45, 2.75) is 24.9 Å². The summed E-state index contributed by atoms with van der Waals surface area (Å²) >= 11 is 5.49. The zero-order valence-electron chi connectivity index (χ0n) is 8.30. The summed E-state index contributed by atoms with van der Waals surface area (Å²) < 4.78 is 40.3. The maximum absolute atomic E-state index is 11.8. The lowest BCUT2D eigenvalue weighted by atomic mass is 10.3. The van der Waals surface area contributed by atoms with E-state index in [9.17, 15) is 13.2 Å². The molecule has 0 saturated heterocycles. The molecule has 0 aliphatic rings. The Labute approximate surface area is 95.6 Å². The first kappa shape index (κ1) is 13.0. The number of halogens is 4. The minimum atomic E-state index is -4.14. The molecule has 1 rings (SSSR count). The van der Waals surface area contributed by atoms with E-state index in [1.807, 2.05) is 0 Å². The number of ether oxygens (including phenoxy) is 1. The Morgan fingerprint density at radius 2 is 2.00 bits per heavy atom. The third-order valence-corrected chi connectivity index (χ3v) is 1.95. The summed E-state index contributed by atoms with van der Waals surface area (Å²) in [6.07, 6.45) is -2.34. The average molecular weight is 255 g/mol. The first-order valence-corrected chi connectivity index (χ1v) is 5.11. The number of aromatic nitrogens is 2. The van der Waals surface area contributed by atoms with E-state index in [4.69, 9.17) is 16.3 Å². The van der Waals surface area contributed by atoms with Gasteiger partial charge in [0.25, 0.3) is 0 Å². The van der Waals surface area contributed by atoms with Crippen molar-refractivity contribution in [1.82, 2.24) is 9.97 Å². The summed E-state index contributed by atoms with van der Waals surface area (Å²) in [6, 6.07) is 0. The van der Waals surface area contributed by atoms with Crippen LogP contribution in [-0.2, 0) is 5.88 Å². The quantitative estimate of drug-likeness (QED) is 0.599. The van der Waals surface area contributed by atoms with E-state index in [2.05, 4.69) is 9.97 Å². The monoisotopic (exact) mass is 254 g/mol. The normalized spacial score (nSPS) is 11.5. The molecule has 90 valence electrons. The molecule has 0 aliphatic carbocycles. The molecule has 3 nitrogen and oxygen atoms in total. The molecule has 16 heavy (non-hydrogen) atoms. The maximum Gasteiger partial charge on any atom is 0.389 e. The van der Waals surface area contributed by atoms with Gasteiger partial charge in [-0.1, -0.05) is 0 Å². The second-order valence-corrected chi connectivity index (χ2v) is 3.31. The van der Waals surface area contributed by atoms with Crippen LogP contribution in [0.15, 0.2) is 12.4 Å². The average Bonchev–Trinajstić information content (AvgIpc) is 2.24. The molecule has 7 heteroatoms. The van der Waals surface area contributed by atoms with E-state index in [-0.39, 0.29) is 24.8 Å². The molecule has 0 saturated carbocycles. The van der Waals surface area contributed by atoms with Crippen molar-refractivity contribution in [2.75, 3.05) is 6.61 Å². The minimum absolute atomic E-state index is 0.0333. The molecular weight excluding hydrogens is 245 g/mol. The number of hydrogen-bond donors (Lipinski definition) is 0. The number of alkyl halides is 4. The van der Waals surface area contributed by atoms with Crippen molar-refractivity contribution in [2.24, 2.45) is 0 Å². The van der Waals surface area contributed by atoms with E-state index in [1.54, 1.807) is 0 Å². The molecule has 0 fully saturated rings. The van der Waals surface area contributed by atoms with Gasteiger partial charge in [-0.15, -0.1) is 11.6 Å². The van der Waals surface area contributed by atoms with Crippen molar-refractivity contribution < 1.29 is 17.9 Å². The molecule has 0 aliphatic heterocycles. The Hall–Kier alpha value is -1.04. The lowest BCUT2D eigenvalue weighted by molar-refractivity contribution is -0.136. The van der Waals surface area contributed by atoms with Crippen LogP contribution in [0.3, 0.4) is 0 Å². The zero-order chi connectivity index (χ0) is 12.0. The van der Waals surface area contributed by atoms with Crippen molar-refractivity contribution in [3.63, 3.8) is 0 Å². The van der Waals surface area contributed by atoms with Crippen LogP contribution < -0.4 is 4.74 Å². The molecule has 0 unspecified atom stereocenters. The van der Waals surface area contributed by atoms with Crippen LogP contribution in [0.1, 0.15) is 18.5 Å². The van der Waals surface area contributed by atoms with E-state index in [0.29, 0.717) is 5.69 Å². The van der Waals surface area contributed by atoms with Crippen LogP contribution in [0.25, 0.3) is 0 Å². The minimum Gasteiger partial charge on any atom is -0.477 e. The first-order valence-electron chi connectivity index (χ1n) is 4.58. The summed E-state index contributed by atoms with van der Waals surface area (Å²) in [4.78, 5) is 7.72. The topological polar surface area (TPSA) is 35.0 Å². The van der Waals surface area contributed by atoms with E-state index < -0.39 is 12.6 Å². The van der Waals surface area contributed by atoms with Gasteiger partial charge in [0, 0.05) is 6.42 Å². The molecule has 0 atom stereocenters. The van der Waals surface area contributed by atoms with Gasteiger partial charge < -0.3 is 4.74 Å². The highest BCUT2D eigenvalue weighted by Gasteiger charge is 2.26. The Morgan fingerprint density at radius 1 is 1.25 bits per heavy atom. The highest BCUT2D eigenvalue weighted by molar-refractivity contribution is 6.16. The predicted octanol–water partition coefficient (Wildman–Crippen LogP) is 2.94. The van der Waals surface area contributed by atoms with Crippen LogP contribution in [0.4, 0.5) is 13.2 Å². The van der Waals surface area contributed by atoms with Crippen molar-refractivity contribution in [3.8, 4) is 5.88 Å². The number of hydrogen-bond acceptors (Lipinski definition) is 3. The molecule has 0 N–H and O–H groups in total. The summed E-state index contributed by atoms with van der Waals surface area (Å²) in [6.45, 7) is -0.0333. The fourth-order valence-electron chi connectivity index (χ4n) is 0.936. The third-order valence-electron chi connectivity index (χ3n) is 1.67. The Morgan fingerprint density at radius 3 is 2.50 bits per heavy atom. The van der Waals surface area contributed by atoms with Crippen molar-refractivity contribution in [3.05, 3.63) is 18.1 Å². The summed E-state index contributed by atoms with van der Waals surface area (Å²) in [7, 11) is 0. The Bertz CT molecular complexity index is 316. The molecule has 1 aromatic rings. The molecular formula is C9H10ClF3N2O. The maximum atomic E-state index is 11.8. The van der Waals surface area contributed by atoms with Crippen LogP contribution in [-0.4, -0.2) is 22.8 Å². The fourth-order valence-corrected chi connectivity index (χ4v) is 1.07. The van der Waals surface area contributed by atoms with Crippen LogP contribution in [0.2, 0.25) is 0 Å². The van der Waals surface area contributed by atoms with Crippen LogP contribution >= 0.6 is 11.6 Å². The second kappa shape index (κ2) is 5.89. The highest BCUT2D eigenvalue weighted by atomic mass is 35.5. The van der Waals surface area contributed by atoms with Gasteiger partial charge >= 0.3 is 6.18 Å². The summed E-state index contributed by atoms with van der Waals surface area (Å²) in [5, 5.41) is 0. The van der Waals surface area contributed by atoms with E-state index >= 15 is 0 Å². The predicted molar refractivity (Wildman–Crippen MR) is 52.4 cm³/mol. The van der Waals surface area contributed by atoms with E-state index in [0.717, 1.165) is 0 Å². The molecule has 1 heterocycles. The SMILES string of the molecule is FC(F)(F)CCCOc1cnc(CCl)cn1. The van der Waals surface area contributed by atoms with Crippen LogP contribution in [0, 0.1) is 0 Å². The lowest BCUT2D eigenvalue weighted by Gasteiger charge is -2.07. The molecule has 0 spiro atoms. The third kappa shape index (κ3) is 5.16. The summed E-state index contributed by atoms with van der Waals surface area (Å²) in [5.74, 6) is 0.442. The van der Waals surface area contributed by atoms with Crippen molar-refractivity contribution in [1.29, 1.82) is 0 Å². The largest absolute Gasteiger partial charge is 0.477 e. The van der Waals surface area contributed by atoms with Gasteiger partial charge in [0.1, 0.15) is 0 Å². The number of nitrogens with zero attached hydrogens (tertiary/aromatic N) is 2. The molecule has 1 aromatic heterocycles. The van der Waals surface area contributed by atoms with Crippen LogP contribution in [0.5, 0.6) is 5.88 Å². The smallest absolute Gasteiger partial charge is 0.389 e. The Kier molecular flexibility index (Phi) is 4.79. The molecule has 0 amide bonds. The molecule has 0 aromatic carbocycles. The number of rotatable bonds is 5. The van der Waals surface area contributed by atoms with Gasteiger partial charge in [0.15, 0.2) is 0 Å². The Balaban J connectivity index is 2.27. The van der Waals surface area contributed by atoms with Crippen molar-refractivity contribution >= 4 is 11.6 Å². The standard InChI is InChI=1S/C9H10ClF3N2O/c10-4-7-5-15-8(6-14-7)16-3-1-2-9(11,12)13/h5-6H,1-4H2. The van der Waals surface area contributed by atoms with Gasteiger partial charge in [0.2, 0.25) is 5.88 Å². The van der Waals surface area contributed by atoms with Gasteiger partial charge in [-0.3, -0.25) is 4.98 Å². The first-order chi connectivity index (χ1) is 7.51. The fraction of sp³-hybridized carbons (Fsp3) is 0.556. The summed E-state index contributed by atoms with van der Waals surface area (Å²) in [5.41, 5.74) is 0.587. The van der Waals surface area contributed by atoms with Gasteiger partial charge in [-0.25, -0.2) is 4.98 Å². The molecule has 0 bridgehead atoms. The second-order valence-electron chi connectivity index (χ2n) is 3.05. The highest BCUT2D eigenvalue weighted by Crippen LogP contribution is 2.21. The van der Waals surface area contributed by atoms with Gasteiger partial charge in [-0.05, 0) is 6.42 Å². The van der Waals surface area contributed by atoms with Gasteiger partial charge in [-0.2, -0.15) is 13.2 Å².